The lowest BCUT2D eigenvalue weighted by Gasteiger charge is -2.15. The van der Waals surface area contributed by atoms with Crippen LogP contribution in [0.3, 0.4) is 0 Å². The Labute approximate surface area is 131 Å². The van der Waals surface area contributed by atoms with Crippen molar-refractivity contribution in [1.82, 2.24) is 0 Å². The fraction of sp³-hybridized carbons (Fsp3) is 0.143. The Morgan fingerprint density at radius 3 is 2.38 bits per heavy atom. The highest BCUT2D eigenvalue weighted by atomic mass is 79.9. The molecule has 0 unspecified atom stereocenters. The van der Waals surface area contributed by atoms with Crippen LogP contribution in [0.4, 0.5) is 17.6 Å². The van der Waals surface area contributed by atoms with E-state index in [0.29, 0.717) is 10.0 Å². The Kier molecular flexibility index (Phi) is 4.78. The van der Waals surface area contributed by atoms with Crippen molar-refractivity contribution in [3.63, 3.8) is 0 Å². The molecule has 2 aromatic rings. The molecular formula is C14H8BrClF4O. The van der Waals surface area contributed by atoms with Crippen LogP contribution < -0.4 is 4.74 Å². The van der Waals surface area contributed by atoms with Gasteiger partial charge >= 0.3 is 6.18 Å². The van der Waals surface area contributed by atoms with Crippen molar-refractivity contribution in [2.45, 2.75) is 12.1 Å². The summed E-state index contributed by atoms with van der Waals surface area (Å²) in [6.07, 6.45) is -4.63. The first-order chi connectivity index (χ1) is 9.81. The summed E-state index contributed by atoms with van der Waals surface area (Å²) in [7, 11) is 0. The molecule has 0 spiro atoms. The quantitative estimate of drug-likeness (QED) is 0.457. The smallest absolute Gasteiger partial charge is 0.419 e. The minimum atomic E-state index is -4.63. The molecule has 7 heteroatoms. The topological polar surface area (TPSA) is 9.23 Å². The van der Waals surface area contributed by atoms with Gasteiger partial charge in [0.25, 0.3) is 0 Å². The van der Waals surface area contributed by atoms with Gasteiger partial charge in [-0.15, -0.1) is 11.6 Å². The molecule has 2 aromatic carbocycles. The molecule has 0 aliphatic carbocycles. The van der Waals surface area contributed by atoms with Gasteiger partial charge in [0.1, 0.15) is 5.75 Å². The molecule has 0 fully saturated rings. The number of ether oxygens (including phenoxy) is 1. The third-order valence-electron chi connectivity index (χ3n) is 2.62. The summed E-state index contributed by atoms with van der Waals surface area (Å²) in [5.41, 5.74) is -0.703. The minimum absolute atomic E-state index is 0.0609. The van der Waals surface area contributed by atoms with Crippen LogP contribution in [-0.4, -0.2) is 0 Å². The number of hydrogen-bond donors (Lipinski definition) is 0. The molecule has 112 valence electrons. The number of hydrogen-bond acceptors (Lipinski definition) is 1. The van der Waals surface area contributed by atoms with Gasteiger partial charge in [-0.1, -0.05) is 22.0 Å². The van der Waals surface area contributed by atoms with Gasteiger partial charge in [-0.2, -0.15) is 13.2 Å². The zero-order valence-electron chi connectivity index (χ0n) is 10.3. The molecule has 0 aliphatic rings. The van der Waals surface area contributed by atoms with Gasteiger partial charge in [0.05, 0.1) is 5.56 Å². The van der Waals surface area contributed by atoms with Crippen molar-refractivity contribution in [3.05, 3.63) is 57.8 Å². The van der Waals surface area contributed by atoms with Crippen LogP contribution in [0.2, 0.25) is 0 Å². The summed E-state index contributed by atoms with van der Waals surface area (Å²) in [4.78, 5) is 0. The first kappa shape index (κ1) is 16.1. The van der Waals surface area contributed by atoms with Gasteiger partial charge in [-0.05, 0) is 35.9 Å². The number of rotatable bonds is 3. The molecule has 0 N–H and O–H groups in total. The summed E-state index contributed by atoms with van der Waals surface area (Å²) < 4.78 is 58.2. The molecule has 2 rings (SSSR count). The maximum absolute atomic E-state index is 13.6. The monoisotopic (exact) mass is 382 g/mol. The molecule has 0 aromatic heterocycles. The predicted octanol–water partition coefficient (Wildman–Crippen LogP) is 6.14. The second kappa shape index (κ2) is 6.23. The predicted molar refractivity (Wildman–Crippen MR) is 75.2 cm³/mol. The summed E-state index contributed by atoms with van der Waals surface area (Å²) in [6, 6.07) is 7.18. The lowest BCUT2D eigenvalue weighted by molar-refractivity contribution is -0.138. The molecule has 0 heterocycles. The Hall–Kier alpha value is -1.27. The van der Waals surface area contributed by atoms with Crippen LogP contribution >= 0.6 is 27.5 Å². The van der Waals surface area contributed by atoms with Crippen molar-refractivity contribution in [2.24, 2.45) is 0 Å². The molecule has 0 aliphatic heterocycles. The molecule has 0 amide bonds. The lowest BCUT2D eigenvalue weighted by atomic mass is 10.1. The van der Waals surface area contributed by atoms with Gasteiger partial charge in [0, 0.05) is 10.4 Å². The van der Waals surface area contributed by atoms with E-state index < -0.39 is 23.3 Å². The molecular weight excluding hydrogens is 376 g/mol. The standard InChI is InChI=1S/C14H8BrClF4O/c15-9-2-3-11(17)13(6-9)21-12-4-1-8(7-16)5-10(12)14(18,19)20/h1-6H,7H2. The third kappa shape index (κ3) is 3.89. The van der Waals surface area contributed by atoms with E-state index in [1.54, 1.807) is 0 Å². The molecule has 0 atom stereocenters. The fourth-order valence-electron chi connectivity index (χ4n) is 1.64. The summed E-state index contributed by atoms with van der Waals surface area (Å²) >= 11 is 8.64. The van der Waals surface area contributed by atoms with Gasteiger partial charge in [0.15, 0.2) is 11.6 Å². The molecule has 0 radical (unpaired) electrons. The second-order valence-electron chi connectivity index (χ2n) is 4.14. The Balaban J connectivity index is 2.46. The average molecular weight is 384 g/mol. The maximum Gasteiger partial charge on any atom is 0.419 e. The molecule has 0 bridgehead atoms. The lowest BCUT2D eigenvalue weighted by Crippen LogP contribution is -2.08. The van der Waals surface area contributed by atoms with Gasteiger partial charge in [-0.25, -0.2) is 4.39 Å². The van der Waals surface area contributed by atoms with Crippen molar-refractivity contribution in [3.8, 4) is 11.5 Å². The molecule has 0 saturated heterocycles. The summed E-state index contributed by atoms with van der Waals surface area (Å²) in [6.45, 7) is 0. The first-order valence-electron chi connectivity index (χ1n) is 5.70. The van der Waals surface area contributed by atoms with Gasteiger partial charge in [0.2, 0.25) is 0 Å². The normalized spacial score (nSPS) is 11.5. The van der Waals surface area contributed by atoms with Crippen molar-refractivity contribution in [1.29, 1.82) is 0 Å². The van der Waals surface area contributed by atoms with Crippen LogP contribution in [0.15, 0.2) is 40.9 Å². The SMILES string of the molecule is Fc1ccc(Br)cc1Oc1ccc(CCl)cc1C(F)(F)F. The molecule has 21 heavy (non-hydrogen) atoms. The summed E-state index contributed by atoms with van der Waals surface area (Å²) in [5, 5.41) is 0. The highest BCUT2D eigenvalue weighted by Gasteiger charge is 2.35. The molecule has 1 nitrogen and oxygen atoms in total. The number of halogens is 6. The number of alkyl halides is 4. The summed E-state index contributed by atoms with van der Waals surface area (Å²) in [5.74, 6) is -1.59. The van der Waals surface area contributed by atoms with E-state index >= 15 is 0 Å². The van der Waals surface area contributed by atoms with Crippen molar-refractivity contribution < 1.29 is 22.3 Å². The third-order valence-corrected chi connectivity index (χ3v) is 3.42. The second-order valence-corrected chi connectivity index (χ2v) is 5.32. The van der Waals surface area contributed by atoms with Crippen LogP contribution in [0.25, 0.3) is 0 Å². The maximum atomic E-state index is 13.6. The van der Waals surface area contributed by atoms with Gasteiger partial charge < -0.3 is 4.74 Å². The van der Waals surface area contributed by atoms with Crippen LogP contribution in [0, 0.1) is 5.82 Å². The minimum Gasteiger partial charge on any atom is -0.454 e. The zero-order chi connectivity index (χ0) is 15.6. The van der Waals surface area contributed by atoms with E-state index in [2.05, 4.69) is 15.9 Å². The van der Waals surface area contributed by atoms with Gasteiger partial charge in [-0.3, -0.25) is 0 Å². The van der Waals surface area contributed by atoms with E-state index in [1.807, 2.05) is 0 Å². The highest BCUT2D eigenvalue weighted by Crippen LogP contribution is 2.39. The van der Waals surface area contributed by atoms with Crippen LogP contribution in [-0.2, 0) is 12.1 Å². The molecule has 0 saturated carbocycles. The first-order valence-corrected chi connectivity index (χ1v) is 7.03. The van der Waals surface area contributed by atoms with E-state index in [-0.39, 0.29) is 11.6 Å². The van der Waals surface area contributed by atoms with Crippen LogP contribution in [0.5, 0.6) is 11.5 Å². The Morgan fingerprint density at radius 2 is 1.76 bits per heavy atom. The largest absolute Gasteiger partial charge is 0.454 e. The zero-order valence-corrected chi connectivity index (χ0v) is 12.7. The van der Waals surface area contributed by atoms with Crippen LogP contribution in [0.1, 0.15) is 11.1 Å². The highest BCUT2D eigenvalue weighted by molar-refractivity contribution is 9.10. The van der Waals surface area contributed by atoms with Crippen molar-refractivity contribution >= 4 is 27.5 Å². The number of benzene rings is 2. The van der Waals surface area contributed by atoms with E-state index in [1.165, 1.54) is 18.2 Å². The fourth-order valence-corrected chi connectivity index (χ4v) is 2.15. The van der Waals surface area contributed by atoms with E-state index in [0.717, 1.165) is 18.2 Å². The van der Waals surface area contributed by atoms with E-state index in [4.69, 9.17) is 16.3 Å². The Morgan fingerprint density at radius 1 is 1.05 bits per heavy atom. The Bertz CT molecular complexity index is 658. The average Bonchev–Trinajstić information content (AvgIpc) is 2.42. The van der Waals surface area contributed by atoms with Crippen molar-refractivity contribution in [2.75, 3.05) is 0 Å². The van der Waals surface area contributed by atoms with E-state index in [9.17, 15) is 17.6 Å².